The van der Waals surface area contributed by atoms with Crippen molar-refractivity contribution in [2.75, 3.05) is 37.6 Å². The molecule has 1 aromatic rings. The fourth-order valence-corrected chi connectivity index (χ4v) is 4.49. The Bertz CT molecular complexity index is 643. The molecule has 0 atom stereocenters. The second kappa shape index (κ2) is 9.61. The number of thiol groups is 1. The minimum absolute atomic E-state index is 0.162. The van der Waals surface area contributed by atoms with E-state index in [9.17, 15) is 4.39 Å². The highest BCUT2D eigenvalue weighted by Gasteiger charge is 2.18. The van der Waals surface area contributed by atoms with E-state index in [0.29, 0.717) is 0 Å². The first-order valence-electron chi connectivity index (χ1n) is 9.97. The minimum atomic E-state index is -0.162. The van der Waals surface area contributed by atoms with Gasteiger partial charge < -0.3 is 4.90 Å². The number of hydrogen-bond donors (Lipinski definition) is 1. The lowest BCUT2D eigenvalue weighted by atomic mass is 9.90. The number of benzene rings is 1. The highest BCUT2D eigenvalue weighted by atomic mass is 32.1. The molecule has 0 spiro atoms. The molecular formula is C22H31FN2S. The first-order valence-corrected chi connectivity index (χ1v) is 10.4. The molecule has 2 nitrogen and oxygen atoms in total. The van der Waals surface area contributed by atoms with E-state index in [0.717, 1.165) is 51.3 Å². The molecular weight excluding hydrogens is 343 g/mol. The lowest BCUT2D eigenvalue weighted by Gasteiger charge is -2.36. The molecule has 4 heteroatoms. The van der Waals surface area contributed by atoms with Crippen LogP contribution in [-0.2, 0) is 0 Å². The molecule has 0 saturated carbocycles. The van der Waals surface area contributed by atoms with E-state index < -0.39 is 0 Å². The van der Waals surface area contributed by atoms with Crippen LogP contribution in [0.4, 0.5) is 10.1 Å². The van der Waals surface area contributed by atoms with Crippen molar-refractivity contribution in [3.8, 4) is 0 Å². The molecule has 0 amide bonds. The zero-order chi connectivity index (χ0) is 18.4. The molecule has 1 saturated heterocycles. The molecule has 2 aliphatic rings. The van der Waals surface area contributed by atoms with Gasteiger partial charge in [-0.2, -0.15) is 0 Å². The van der Waals surface area contributed by atoms with Crippen LogP contribution in [0.15, 0.2) is 46.4 Å². The monoisotopic (exact) mass is 374 g/mol. The van der Waals surface area contributed by atoms with Crippen molar-refractivity contribution in [3.05, 3.63) is 52.2 Å². The number of hydrogen-bond acceptors (Lipinski definition) is 3. The smallest absolute Gasteiger partial charge is 0.123 e. The van der Waals surface area contributed by atoms with Crippen molar-refractivity contribution in [2.45, 2.75) is 45.4 Å². The Morgan fingerprint density at radius 3 is 2.42 bits per heavy atom. The summed E-state index contributed by atoms with van der Waals surface area (Å²) in [5, 5.41) is 0. The molecule has 1 heterocycles. The average molecular weight is 375 g/mol. The molecule has 1 fully saturated rings. The molecule has 0 bridgehead atoms. The van der Waals surface area contributed by atoms with Gasteiger partial charge in [0.25, 0.3) is 0 Å². The molecule has 0 aromatic heterocycles. The van der Waals surface area contributed by atoms with Crippen LogP contribution in [0, 0.1) is 5.82 Å². The highest BCUT2D eigenvalue weighted by molar-refractivity contribution is 7.84. The zero-order valence-corrected chi connectivity index (χ0v) is 16.8. The lowest BCUT2D eigenvalue weighted by Crippen LogP contribution is -2.46. The van der Waals surface area contributed by atoms with Gasteiger partial charge in [-0.25, -0.2) is 4.39 Å². The van der Waals surface area contributed by atoms with Crippen LogP contribution >= 0.6 is 12.6 Å². The predicted molar refractivity (Wildman–Crippen MR) is 113 cm³/mol. The van der Waals surface area contributed by atoms with E-state index in [1.54, 1.807) is 12.1 Å². The number of anilines is 1. The Morgan fingerprint density at radius 2 is 1.77 bits per heavy atom. The normalized spacial score (nSPS) is 20.0. The standard InChI is InChI=1S/C22H31FN2S/c1-2-18(21-7-3-4-8-22(21)26)6-5-13-24-14-16-25(17-15-24)20-11-9-19(23)10-12-20/h2,9-12,26H,3-8,13-17H2,1H3/b18-2-. The summed E-state index contributed by atoms with van der Waals surface area (Å²) >= 11 is 4.72. The minimum Gasteiger partial charge on any atom is -0.369 e. The summed E-state index contributed by atoms with van der Waals surface area (Å²) in [7, 11) is 0. The molecule has 3 rings (SSSR count). The van der Waals surface area contributed by atoms with E-state index in [1.807, 2.05) is 12.1 Å². The van der Waals surface area contributed by atoms with Crippen LogP contribution in [-0.4, -0.2) is 37.6 Å². The quantitative estimate of drug-likeness (QED) is 0.663. The second-order valence-corrected chi connectivity index (χ2v) is 7.89. The molecule has 0 unspecified atom stereocenters. The van der Waals surface area contributed by atoms with E-state index in [-0.39, 0.29) is 5.82 Å². The fraction of sp³-hybridized carbons (Fsp3) is 0.545. The Balaban J connectivity index is 1.43. The van der Waals surface area contributed by atoms with Gasteiger partial charge in [0.2, 0.25) is 0 Å². The van der Waals surface area contributed by atoms with E-state index in [4.69, 9.17) is 12.6 Å². The van der Waals surface area contributed by atoms with Crippen LogP contribution in [0.2, 0.25) is 0 Å². The Labute approximate surface area is 163 Å². The van der Waals surface area contributed by atoms with Gasteiger partial charge in [-0.05, 0) is 92.3 Å². The van der Waals surface area contributed by atoms with Gasteiger partial charge in [-0.1, -0.05) is 6.08 Å². The van der Waals surface area contributed by atoms with Crippen LogP contribution in [0.3, 0.4) is 0 Å². The first-order chi connectivity index (χ1) is 12.7. The van der Waals surface area contributed by atoms with Crippen LogP contribution in [0.25, 0.3) is 0 Å². The SMILES string of the molecule is C/C=C(/CCCN1CCN(c2ccc(F)cc2)CC1)C1=C(S)CCCC1. The van der Waals surface area contributed by atoms with Gasteiger partial charge in [0.15, 0.2) is 0 Å². The molecule has 26 heavy (non-hydrogen) atoms. The third-order valence-electron chi connectivity index (χ3n) is 5.66. The number of piperazine rings is 1. The first kappa shape index (κ1) is 19.5. The topological polar surface area (TPSA) is 6.48 Å². The maximum atomic E-state index is 13.1. The molecule has 0 radical (unpaired) electrons. The van der Waals surface area contributed by atoms with Crippen molar-refractivity contribution in [3.63, 3.8) is 0 Å². The lowest BCUT2D eigenvalue weighted by molar-refractivity contribution is 0.255. The van der Waals surface area contributed by atoms with Crippen molar-refractivity contribution in [2.24, 2.45) is 0 Å². The Kier molecular flexibility index (Phi) is 7.21. The summed E-state index contributed by atoms with van der Waals surface area (Å²) in [4.78, 5) is 6.23. The highest BCUT2D eigenvalue weighted by Crippen LogP contribution is 2.33. The average Bonchev–Trinajstić information content (AvgIpc) is 2.67. The van der Waals surface area contributed by atoms with E-state index in [2.05, 4.69) is 22.8 Å². The summed E-state index contributed by atoms with van der Waals surface area (Å²) in [6.07, 6.45) is 9.62. The fourth-order valence-electron chi connectivity index (χ4n) is 4.08. The number of halogens is 1. The van der Waals surface area contributed by atoms with Crippen molar-refractivity contribution < 1.29 is 4.39 Å². The maximum Gasteiger partial charge on any atom is 0.123 e. The second-order valence-electron chi connectivity index (χ2n) is 7.35. The van der Waals surface area contributed by atoms with E-state index in [1.165, 1.54) is 41.7 Å². The van der Waals surface area contributed by atoms with Gasteiger partial charge in [-0.15, -0.1) is 12.6 Å². The summed E-state index contributed by atoms with van der Waals surface area (Å²) in [6.45, 7) is 7.54. The van der Waals surface area contributed by atoms with Crippen molar-refractivity contribution in [1.82, 2.24) is 4.90 Å². The Hall–Kier alpha value is -1.26. The maximum absolute atomic E-state index is 13.1. The molecule has 0 N–H and O–H groups in total. The van der Waals surface area contributed by atoms with Gasteiger partial charge in [0.05, 0.1) is 0 Å². The van der Waals surface area contributed by atoms with Crippen LogP contribution in [0.1, 0.15) is 45.4 Å². The third-order valence-corrected chi connectivity index (χ3v) is 6.15. The predicted octanol–water partition coefficient (Wildman–Crippen LogP) is 5.43. The van der Waals surface area contributed by atoms with Gasteiger partial charge in [-0.3, -0.25) is 4.90 Å². The van der Waals surface area contributed by atoms with Crippen LogP contribution in [0.5, 0.6) is 0 Å². The summed E-state index contributed by atoms with van der Waals surface area (Å²) in [6, 6.07) is 6.87. The van der Waals surface area contributed by atoms with Gasteiger partial charge >= 0.3 is 0 Å². The third kappa shape index (κ3) is 5.14. The molecule has 1 aliphatic carbocycles. The molecule has 142 valence electrons. The largest absolute Gasteiger partial charge is 0.369 e. The van der Waals surface area contributed by atoms with Crippen molar-refractivity contribution in [1.29, 1.82) is 0 Å². The zero-order valence-electron chi connectivity index (χ0n) is 15.9. The summed E-state index contributed by atoms with van der Waals surface area (Å²) < 4.78 is 13.1. The van der Waals surface area contributed by atoms with E-state index >= 15 is 0 Å². The van der Waals surface area contributed by atoms with Crippen LogP contribution < -0.4 is 4.90 Å². The summed E-state index contributed by atoms with van der Waals surface area (Å²) in [5.41, 5.74) is 4.16. The number of rotatable bonds is 6. The summed E-state index contributed by atoms with van der Waals surface area (Å²) in [5.74, 6) is -0.162. The van der Waals surface area contributed by atoms with Crippen molar-refractivity contribution >= 4 is 18.3 Å². The molecule has 1 aliphatic heterocycles. The van der Waals surface area contributed by atoms with Gasteiger partial charge in [0.1, 0.15) is 5.82 Å². The van der Waals surface area contributed by atoms with Gasteiger partial charge in [0, 0.05) is 31.9 Å². The molecule has 1 aromatic carbocycles. The number of nitrogens with zero attached hydrogens (tertiary/aromatic N) is 2. The Morgan fingerprint density at radius 1 is 1.08 bits per heavy atom. The number of allylic oxidation sites excluding steroid dienone is 4.